The first-order chi connectivity index (χ1) is 8.24. The molecule has 2 N–H and O–H groups in total. The van der Waals surface area contributed by atoms with Crippen LogP contribution in [0.4, 0.5) is 5.95 Å². The van der Waals surface area contributed by atoms with Crippen molar-refractivity contribution in [3.8, 4) is 0 Å². The van der Waals surface area contributed by atoms with E-state index in [1.165, 1.54) is 4.88 Å². The first-order valence-electron chi connectivity index (χ1n) is 5.05. The van der Waals surface area contributed by atoms with Gasteiger partial charge in [-0.15, -0.1) is 11.3 Å². The van der Waals surface area contributed by atoms with E-state index in [0.717, 1.165) is 15.0 Å². The molecule has 6 heteroatoms. The van der Waals surface area contributed by atoms with E-state index in [1.54, 1.807) is 17.5 Å². The minimum absolute atomic E-state index is 0.503. The van der Waals surface area contributed by atoms with E-state index in [9.17, 15) is 0 Å². The summed E-state index contributed by atoms with van der Waals surface area (Å²) < 4.78 is 3.04. The Labute approximate surface area is 110 Å². The summed E-state index contributed by atoms with van der Waals surface area (Å²) in [6.07, 6.45) is 1.75. The molecule has 0 aliphatic carbocycles. The number of anilines is 1. The summed E-state index contributed by atoms with van der Waals surface area (Å²) in [4.78, 5) is 9.82. The summed E-state index contributed by atoms with van der Waals surface area (Å²) in [5, 5.41) is 0. The van der Waals surface area contributed by atoms with Gasteiger partial charge in [0, 0.05) is 11.1 Å². The van der Waals surface area contributed by atoms with Gasteiger partial charge in [0.2, 0.25) is 5.95 Å². The summed E-state index contributed by atoms with van der Waals surface area (Å²) in [5.74, 6) is 0.503. The number of fused-ring (bicyclic) bond motifs is 1. The molecule has 0 unspecified atom stereocenters. The number of hydrogen-bond donors (Lipinski definition) is 1. The fourth-order valence-corrected chi connectivity index (χ4v) is 3.20. The number of pyridine rings is 1. The zero-order valence-electron chi connectivity index (χ0n) is 8.80. The SMILES string of the molecule is Nc1nc2cccnc2n1Cc1ccc(Br)s1. The lowest BCUT2D eigenvalue weighted by Gasteiger charge is -2.02. The zero-order chi connectivity index (χ0) is 11.8. The molecule has 0 radical (unpaired) electrons. The molecule has 17 heavy (non-hydrogen) atoms. The summed E-state index contributed by atoms with van der Waals surface area (Å²) in [7, 11) is 0. The van der Waals surface area contributed by atoms with Gasteiger partial charge in [-0.05, 0) is 40.2 Å². The first kappa shape index (κ1) is 10.7. The molecule has 3 heterocycles. The molecule has 3 aromatic heterocycles. The molecule has 0 aliphatic heterocycles. The number of hydrogen-bond acceptors (Lipinski definition) is 4. The van der Waals surface area contributed by atoms with E-state index >= 15 is 0 Å². The normalized spacial score (nSPS) is 11.1. The van der Waals surface area contributed by atoms with Crippen molar-refractivity contribution in [2.75, 3.05) is 5.73 Å². The van der Waals surface area contributed by atoms with Crippen molar-refractivity contribution in [2.24, 2.45) is 0 Å². The standard InChI is InChI=1S/C11H9BrN4S/c12-9-4-3-7(17-9)6-16-10-8(15-11(16)13)2-1-5-14-10/h1-5H,6H2,(H2,13,15). The third-order valence-corrected chi connectivity index (χ3v) is 4.08. The molecule has 0 spiro atoms. The lowest BCUT2D eigenvalue weighted by atomic mass is 10.4. The number of aromatic nitrogens is 3. The van der Waals surface area contributed by atoms with Crippen molar-refractivity contribution in [3.05, 3.63) is 39.1 Å². The molecule has 0 fully saturated rings. The Bertz CT molecular complexity index is 673. The number of rotatable bonds is 2. The molecule has 0 saturated heterocycles. The Hall–Kier alpha value is -1.40. The van der Waals surface area contributed by atoms with Crippen LogP contribution in [0.25, 0.3) is 11.2 Å². The molecule has 3 aromatic rings. The van der Waals surface area contributed by atoms with Crippen LogP contribution in [0.15, 0.2) is 34.2 Å². The maximum absolute atomic E-state index is 5.91. The van der Waals surface area contributed by atoms with Gasteiger partial charge in [-0.25, -0.2) is 9.97 Å². The number of nitrogen functional groups attached to an aromatic ring is 1. The van der Waals surface area contributed by atoms with E-state index in [1.807, 2.05) is 22.8 Å². The Balaban J connectivity index is 2.08. The van der Waals surface area contributed by atoms with Gasteiger partial charge >= 0.3 is 0 Å². The van der Waals surface area contributed by atoms with Crippen LogP contribution in [0.1, 0.15) is 4.88 Å². The fraction of sp³-hybridized carbons (Fsp3) is 0.0909. The van der Waals surface area contributed by atoms with Crippen LogP contribution in [-0.2, 0) is 6.54 Å². The zero-order valence-corrected chi connectivity index (χ0v) is 11.2. The Morgan fingerprint density at radius 3 is 3.00 bits per heavy atom. The molecule has 0 aromatic carbocycles. The van der Waals surface area contributed by atoms with Crippen molar-refractivity contribution in [1.29, 1.82) is 0 Å². The highest BCUT2D eigenvalue weighted by Crippen LogP contribution is 2.25. The quantitative estimate of drug-likeness (QED) is 0.792. The van der Waals surface area contributed by atoms with Gasteiger partial charge in [0.15, 0.2) is 5.65 Å². The molecular weight excluding hydrogens is 300 g/mol. The molecule has 0 atom stereocenters. The predicted molar refractivity (Wildman–Crippen MR) is 73.1 cm³/mol. The van der Waals surface area contributed by atoms with Crippen LogP contribution in [0.5, 0.6) is 0 Å². The number of halogens is 1. The molecule has 86 valence electrons. The second kappa shape index (κ2) is 4.12. The number of thiophene rings is 1. The van der Waals surface area contributed by atoms with Crippen molar-refractivity contribution in [2.45, 2.75) is 6.54 Å². The highest BCUT2D eigenvalue weighted by atomic mass is 79.9. The molecule has 3 rings (SSSR count). The van der Waals surface area contributed by atoms with Gasteiger partial charge in [0.05, 0.1) is 10.3 Å². The molecule has 0 aliphatic rings. The van der Waals surface area contributed by atoms with E-state index in [4.69, 9.17) is 5.73 Å². The van der Waals surface area contributed by atoms with Crippen LogP contribution in [0.3, 0.4) is 0 Å². The van der Waals surface area contributed by atoms with E-state index in [-0.39, 0.29) is 0 Å². The van der Waals surface area contributed by atoms with Crippen LogP contribution in [0, 0.1) is 0 Å². The van der Waals surface area contributed by atoms with Crippen molar-refractivity contribution in [3.63, 3.8) is 0 Å². The maximum Gasteiger partial charge on any atom is 0.202 e. The maximum atomic E-state index is 5.91. The minimum Gasteiger partial charge on any atom is -0.369 e. The Morgan fingerprint density at radius 1 is 1.35 bits per heavy atom. The third kappa shape index (κ3) is 1.94. The molecule has 0 bridgehead atoms. The summed E-state index contributed by atoms with van der Waals surface area (Å²) in [6.45, 7) is 0.704. The number of nitrogens with zero attached hydrogens (tertiary/aromatic N) is 3. The monoisotopic (exact) mass is 308 g/mol. The van der Waals surface area contributed by atoms with Gasteiger partial charge in [0.1, 0.15) is 5.52 Å². The van der Waals surface area contributed by atoms with Gasteiger partial charge in [-0.3, -0.25) is 4.57 Å². The smallest absolute Gasteiger partial charge is 0.202 e. The van der Waals surface area contributed by atoms with Crippen LogP contribution in [-0.4, -0.2) is 14.5 Å². The number of imidazole rings is 1. The highest BCUT2D eigenvalue weighted by molar-refractivity contribution is 9.11. The van der Waals surface area contributed by atoms with Crippen molar-refractivity contribution in [1.82, 2.24) is 14.5 Å². The third-order valence-electron chi connectivity index (χ3n) is 2.48. The largest absolute Gasteiger partial charge is 0.369 e. The average molecular weight is 309 g/mol. The van der Waals surface area contributed by atoms with E-state index in [2.05, 4.69) is 32.0 Å². The lowest BCUT2D eigenvalue weighted by molar-refractivity contribution is 0.841. The van der Waals surface area contributed by atoms with Crippen LogP contribution >= 0.6 is 27.3 Å². The van der Waals surface area contributed by atoms with Gasteiger partial charge < -0.3 is 5.73 Å². The van der Waals surface area contributed by atoms with E-state index in [0.29, 0.717) is 12.5 Å². The highest BCUT2D eigenvalue weighted by Gasteiger charge is 2.09. The second-order valence-electron chi connectivity index (χ2n) is 3.61. The summed E-state index contributed by atoms with van der Waals surface area (Å²) in [6, 6.07) is 7.88. The van der Waals surface area contributed by atoms with Crippen LogP contribution in [0.2, 0.25) is 0 Å². The minimum atomic E-state index is 0.503. The van der Waals surface area contributed by atoms with Crippen molar-refractivity contribution >= 4 is 44.4 Å². The Morgan fingerprint density at radius 2 is 2.24 bits per heavy atom. The fourth-order valence-electron chi connectivity index (χ4n) is 1.72. The predicted octanol–water partition coefficient (Wildman–Crippen LogP) is 2.89. The second-order valence-corrected chi connectivity index (χ2v) is 6.16. The Kier molecular flexibility index (Phi) is 2.60. The average Bonchev–Trinajstić information content (AvgIpc) is 2.85. The van der Waals surface area contributed by atoms with Gasteiger partial charge in [-0.1, -0.05) is 0 Å². The molecule has 0 saturated carbocycles. The van der Waals surface area contributed by atoms with Gasteiger partial charge in [-0.2, -0.15) is 0 Å². The molecule has 4 nitrogen and oxygen atoms in total. The van der Waals surface area contributed by atoms with E-state index < -0.39 is 0 Å². The first-order valence-corrected chi connectivity index (χ1v) is 6.66. The molecule has 0 amide bonds. The molecular formula is C11H9BrN4S. The number of nitrogens with two attached hydrogens (primary N) is 1. The summed E-state index contributed by atoms with van der Waals surface area (Å²) in [5.41, 5.74) is 7.57. The topological polar surface area (TPSA) is 56.7 Å². The lowest BCUT2D eigenvalue weighted by Crippen LogP contribution is -2.04. The van der Waals surface area contributed by atoms with Gasteiger partial charge in [0.25, 0.3) is 0 Å². The summed E-state index contributed by atoms with van der Waals surface area (Å²) >= 11 is 5.14. The van der Waals surface area contributed by atoms with Crippen LogP contribution < -0.4 is 5.73 Å². The van der Waals surface area contributed by atoms with Crippen molar-refractivity contribution < 1.29 is 0 Å².